The van der Waals surface area contributed by atoms with Crippen LogP contribution in [0.4, 0.5) is 0 Å². The molecule has 0 heterocycles. The van der Waals surface area contributed by atoms with E-state index in [1.165, 1.54) is 13.8 Å². The molecule has 0 aromatic heterocycles. The molecule has 1 N–H and O–H groups in total. The van der Waals surface area contributed by atoms with Crippen LogP contribution in [0.25, 0.3) is 0 Å². The summed E-state index contributed by atoms with van der Waals surface area (Å²) in [6, 6.07) is 0. The Hall–Kier alpha value is -1.52. The van der Waals surface area contributed by atoms with Crippen molar-refractivity contribution in [1.82, 2.24) is 5.06 Å². The normalized spacial score (nSPS) is 15.8. The van der Waals surface area contributed by atoms with Crippen LogP contribution in [0.15, 0.2) is 0 Å². The summed E-state index contributed by atoms with van der Waals surface area (Å²) in [5.74, 6) is -2.04. The van der Waals surface area contributed by atoms with Gasteiger partial charge in [0.15, 0.2) is 0 Å². The fourth-order valence-electron chi connectivity index (χ4n) is 1.36. The Morgan fingerprint density at radius 3 is 1.75 bits per heavy atom. The molecular formula is C12H22NO10P. The van der Waals surface area contributed by atoms with E-state index >= 15 is 0 Å². The molecule has 12 heteroatoms. The van der Waals surface area contributed by atoms with Crippen LogP contribution in [0.5, 0.6) is 0 Å². The molecule has 0 saturated heterocycles. The van der Waals surface area contributed by atoms with Gasteiger partial charge in [-0.3, -0.25) is 24.1 Å². The van der Waals surface area contributed by atoms with Crippen LogP contribution in [-0.2, 0) is 42.0 Å². The van der Waals surface area contributed by atoms with Crippen LogP contribution in [0.1, 0.15) is 34.6 Å². The number of amides is 1. The molecule has 0 aliphatic carbocycles. The van der Waals surface area contributed by atoms with Crippen molar-refractivity contribution in [3.63, 3.8) is 0 Å². The van der Waals surface area contributed by atoms with Gasteiger partial charge in [-0.2, -0.15) is 0 Å². The molecule has 0 spiro atoms. The predicted molar refractivity (Wildman–Crippen MR) is 77.4 cm³/mol. The van der Waals surface area contributed by atoms with Crippen LogP contribution in [0, 0.1) is 0 Å². The summed E-state index contributed by atoms with van der Waals surface area (Å²) >= 11 is 0. The van der Waals surface area contributed by atoms with Gasteiger partial charge in [0.25, 0.3) is 0 Å². The third-order valence-corrected chi connectivity index (χ3v) is 3.74. The van der Waals surface area contributed by atoms with Crippen molar-refractivity contribution >= 4 is 25.7 Å². The lowest BCUT2D eigenvalue weighted by atomic mass is 10.6. The Morgan fingerprint density at radius 1 is 1.00 bits per heavy atom. The molecule has 0 aromatic carbocycles. The number of phosphoric ester groups is 1. The van der Waals surface area contributed by atoms with E-state index in [1.807, 2.05) is 0 Å². The van der Waals surface area contributed by atoms with Crippen molar-refractivity contribution in [2.45, 2.75) is 47.2 Å². The average Bonchev–Trinajstić information content (AvgIpc) is 2.35. The monoisotopic (exact) mass is 371 g/mol. The Bertz CT molecular complexity index is 468. The number of hydrogen-bond acceptors (Lipinski definition) is 10. The SMILES string of the molecule is CC(=O)OC(C)OP(=O)(OCCN(O)C(C)=O)OC(C)OC(C)=O. The molecule has 0 aromatic rings. The molecule has 11 nitrogen and oxygen atoms in total. The first-order valence-electron chi connectivity index (χ1n) is 6.88. The summed E-state index contributed by atoms with van der Waals surface area (Å²) < 4.78 is 36.6. The second-order valence-corrected chi connectivity index (χ2v) is 6.06. The minimum atomic E-state index is -4.33. The second kappa shape index (κ2) is 10.4. The van der Waals surface area contributed by atoms with Crippen LogP contribution < -0.4 is 0 Å². The molecule has 24 heavy (non-hydrogen) atoms. The van der Waals surface area contributed by atoms with Gasteiger partial charge in [0, 0.05) is 20.8 Å². The van der Waals surface area contributed by atoms with E-state index in [2.05, 4.69) is 9.47 Å². The standard InChI is InChI=1S/C12H22NO10P/c1-8(14)13(17)6-7-19-24(18,22-11(4)20-9(2)15)23-12(5)21-10(3)16/h11-12,17H,6-7H2,1-5H3. The molecule has 1 amide bonds. The van der Waals surface area contributed by atoms with Crippen molar-refractivity contribution in [1.29, 1.82) is 0 Å². The van der Waals surface area contributed by atoms with Crippen molar-refractivity contribution in [3.05, 3.63) is 0 Å². The number of rotatable bonds is 10. The maximum Gasteiger partial charge on any atom is 0.481 e. The summed E-state index contributed by atoms with van der Waals surface area (Å²) in [6.07, 6.45) is -2.56. The molecular weight excluding hydrogens is 349 g/mol. The first kappa shape index (κ1) is 22.5. The van der Waals surface area contributed by atoms with Crippen molar-refractivity contribution in [2.75, 3.05) is 13.2 Å². The predicted octanol–water partition coefficient (Wildman–Crippen LogP) is 1.20. The van der Waals surface area contributed by atoms with Gasteiger partial charge in [0.2, 0.25) is 18.5 Å². The molecule has 0 aliphatic rings. The highest BCUT2D eigenvalue weighted by Gasteiger charge is 2.34. The van der Waals surface area contributed by atoms with Crippen molar-refractivity contribution < 1.29 is 47.2 Å². The average molecular weight is 371 g/mol. The molecule has 0 rings (SSSR count). The van der Waals surface area contributed by atoms with E-state index in [0.717, 1.165) is 20.8 Å². The molecule has 0 saturated carbocycles. The van der Waals surface area contributed by atoms with Gasteiger partial charge >= 0.3 is 19.8 Å². The molecule has 2 atom stereocenters. The number of nitrogens with zero attached hydrogens (tertiary/aromatic N) is 1. The van der Waals surface area contributed by atoms with Gasteiger partial charge in [-0.15, -0.1) is 0 Å². The van der Waals surface area contributed by atoms with Gasteiger partial charge in [0.05, 0.1) is 13.2 Å². The zero-order chi connectivity index (χ0) is 18.9. The minimum Gasteiger partial charge on any atom is -0.436 e. The van der Waals surface area contributed by atoms with Crippen LogP contribution >= 0.6 is 7.82 Å². The third-order valence-electron chi connectivity index (χ3n) is 2.13. The quantitative estimate of drug-likeness (QED) is 0.196. The Balaban J connectivity index is 4.85. The topological polar surface area (TPSA) is 138 Å². The second-order valence-electron chi connectivity index (χ2n) is 4.49. The zero-order valence-corrected chi connectivity index (χ0v) is 15.0. The number of esters is 2. The van der Waals surface area contributed by atoms with Crippen LogP contribution in [0.3, 0.4) is 0 Å². The lowest BCUT2D eigenvalue weighted by molar-refractivity contribution is -0.171. The van der Waals surface area contributed by atoms with E-state index < -0.39 is 44.9 Å². The third kappa shape index (κ3) is 10.3. The summed E-state index contributed by atoms with van der Waals surface area (Å²) in [4.78, 5) is 32.6. The maximum absolute atomic E-state index is 12.5. The highest BCUT2D eigenvalue weighted by atomic mass is 31.2. The number of carbonyl (C=O) groups excluding carboxylic acids is 3. The number of carbonyl (C=O) groups is 3. The fraction of sp³-hybridized carbons (Fsp3) is 0.750. The van der Waals surface area contributed by atoms with E-state index in [9.17, 15) is 24.2 Å². The van der Waals surface area contributed by atoms with E-state index in [0.29, 0.717) is 5.06 Å². The Morgan fingerprint density at radius 2 is 1.42 bits per heavy atom. The Labute approximate surface area is 139 Å². The zero-order valence-electron chi connectivity index (χ0n) is 14.1. The van der Waals surface area contributed by atoms with E-state index in [1.54, 1.807) is 0 Å². The summed E-state index contributed by atoms with van der Waals surface area (Å²) in [5, 5.41) is 9.55. The molecule has 2 unspecified atom stereocenters. The van der Waals surface area contributed by atoms with Gasteiger partial charge in [0.1, 0.15) is 0 Å². The van der Waals surface area contributed by atoms with Crippen molar-refractivity contribution in [3.8, 4) is 0 Å². The number of phosphoric acid groups is 1. The van der Waals surface area contributed by atoms with E-state index in [-0.39, 0.29) is 6.54 Å². The van der Waals surface area contributed by atoms with Crippen molar-refractivity contribution in [2.24, 2.45) is 0 Å². The largest absolute Gasteiger partial charge is 0.481 e. The summed E-state index contributed by atoms with van der Waals surface area (Å²) in [5.41, 5.74) is 0. The molecule has 0 bridgehead atoms. The van der Waals surface area contributed by atoms with Crippen LogP contribution in [-0.4, -0.2) is 53.8 Å². The highest BCUT2D eigenvalue weighted by molar-refractivity contribution is 7.48. The molecule has 140 valence electrons. The highest BCUT2D eigenvalue weighted by Crippen LogP contribution is 2.51. The van der Waals surface area contributed by atoms with Gasteiger partial charge in [-0.05, 0) is 13.8 Å². The summed E-state index contributed by atoms with van der Waals surface area (Å²) in [7, 11) is -4.33. The number of ether oxygens (including phenoxy) is 2. The first-order chi connectivity index (χ1) is 10.9. The summed E-state index contributed by atoms with van der Waals surface area (Å²) in [6.45, 7) is 5.13. The van der Waals surface area contributed by atoms with Crippen LogP contribution in [0.2, 0.25) is 0 Å². The fourth-order valence-corrected chi connectivity index (χ4v) is 2.65. The number of hydrogen-bond donors (Lipinski definition) is 1. The van der Waals surface area contributed by atoms with Gasteiger partial charge in [-0.25, -0.2) is 18.7 Å². The van der Waals surface area contributed by atoms with Gasteiger partial charge < -0.3 is 9.47 Å². The van der Waals surface area contributed by atoms with Gasteiger partial charge in [-0.1, -0.05) is 0 Å². The lowest BCUT2D eigenvalue weighted by Gasteiger charge is -2.24. The Kier molecular flexibility index (Phi) is 9.71. The smallest absolute Gasteiger partial charge is 0.436 e. The molecule has 0 aliphatic heterocycles. The van der Waals surface area contributed by atoms with E-state index in [4.69, 9.17) is 13.6 Å². The minimum absolute atomic E-state index is 0.323. The maximum atomic E-state index is 12.5. The first-order valence-corrected chi connectivity index (χ1v) is 8.34. The number of hydroxylamine groups is 2. The molecule has 0 fully saturated rings. The molecule has 0 radical (unpaired) electrons. The lowest BCUT2D eigenvalue weighted by Crippen LogP contribution is -2.29.